The zero-order chi connectivity index (χ0) is 16.9. The third-order valence-corrected chi connectivity index (χ3v) is 6.11. The number of nitrogens with zero attached hydrogens (tertiary/aromatic N) is 3. The second-order valence-electron chi connectivity index (χ2n) is 8.02. The van der Waals surface area contributed by atoms with E-state index in [1.807, 2.05) is 10.6 Å². The highest BCUT2D eigenvalue weighted by Gasteiger charge is 2.39. The highest BCUT2D eigenvalue weighted by atomic mass is 16.1. The largest absolute Gasteiger partial charge is 0.326 e. The van der Waals surface area contributed by atoms with E-state index in [2.05, 4.69) is 47.8 Å². The molecule has 2 aliphatic heterocycles. The molecular formula is C19H28N4O. The van der Waals surface area contributed by atoms with Crippen LogP contribution < -0.4 is 5.69 Å². The molecule has 1 aromatic carbocycles. The molecule has 0 saturated carbocycles. The van der Waals surface area contributed by atoms with Gasteiger partial charge in [0, 0.05) is 31.2 Å². The van der Waals surface area contributed by atoms with Gasteiger partial charge in [-0.15, -0.1) is 0 Å². The summed E-state index contributed by atoms with van der Waals surface area (Å²) in [6.07, 6.45) is 3.36. The van der Waals surface area contributed by atoms with Gasteiger partial charge in [-0.25, -0.2) is 4.79 Å². The fraction of sp³-hybridized carbons (Fsp3) is 0.632. The van der Waals surface area contributed by atoms with Crippen molar-refractivity contribution in [1.82, 2.24) is 19.4 Å². The average Bonchev–Trinajstić information content (AvgIpc) is 3.07. The Kier molecular flexibility index (Phi) is 3.81. The lowest BCUT2D eigenvalue weighted by molar-refractivity contribution is 0.0712. The van der Waals surface area contributed by atoms with Crippen molar-refractivity contribution in [2.75, 3.05) is 33.2 Å². The first-order valence-electron chi connectivity index (χ1n) is 9.11. The maximum Gasteiger partial charge on any atom is 0.326 e. The second-order valence-corrected chi connectivity index (χ2v) is 8.02. The molecule has 1 atom stereocenters. The number of aryl methyl sites for hydroxylation is 1. The number of rotatable bonds is 2. The Bertz CT molecular complexity index is 799. The third-order valence-electron chi connectivity index (χ3n) is 6.11. The fourth-order valence-electron chi connectivity index (χ4n) is 4.69. The van der Waals surface area contributed by atoms with E-state index >= 15 is 0 Å². The summed E-state index contributed by atoms with van der Waals surface area (Å²) in [5.74, 6) is 0. The van der Waals surface area contributed by atoms with E-state index < -0.39 is 0 Å². The molecule has 0 bridgehead atoms. The predicted molar refractivity (Wildman–Crippen MR) is 97.7 cm³/mol. The number of likely N-dealkylation sites (tertiary alicyclic amines) is 2. The van der Waals surface area contributed by atoms with Crippen LogP contribution in [0.1, 0.15) is 37.8 Å². The van der Waals surface area contributed by atoms with E-state index in [1.54, 1.807) is 0 Å². The van der Waals surface area contributed by atoms with Gasteiger partial charge < -0.3 is 9.88 Å². The molecule has 5 heteroatoms. The lowest BCUT2D eigenvalue weighted by atomic mass is 9.93. The van der Waals surface area contributed by atoms with Crippen LogP contribution >= 0.6 is 0 Å². The fourth-order valence-corrected chi connectivity index (χ4v) is 4.69. The molecule has 24 heavy (non-hydrogen) atoms. The van der Waals surface area contributed by atoms with Gasteiger partial charge in [0.25, 0.3) is 0 Å². The number of imidazole rings is 1. The van der Waals surface area contributed by atoms with E-state index in [1.165, 1.54) is 18.5 Å². The summed E-state index contributed by atoms with van der Waals surface area (Å²) in [5, 5.41) is 0. The number of benzene rings is 1. The van der Waals surface area contributed by atoms with Crippen molar-refractivity contribution < 1.29 is 0 Å². The van der Waals surface area contributed by atoms with Gasteiger partial charge in [0.15, 0.2) is 0 Å². The Morgan fingerprint density at radius 1 is 1.21 bits per heavy atom. The van der Waals surface area contributed by atoms with Crippen LogP contribution in [0.3, 0.4) is 0 Å². The minimum absolute atomic E-state index is 0.0425. The molecule has 1 aromatic heterocycles. The molecule has 3 heterocycles. The smallest absolute Gasteiger partial charge is 0.306 e. The summed E-state index contributed by atoms with van der Waals surface area (Å²) < 4.78 is 2.00. The molecule has 0 spiro atoms. The van der Waals surface area contributed by atoms with E-state index in [0.29, 0.717) is 11.6 Å². The summed E-state index contributed by atoms with van der Waals surface area (Å²) >= 11 is 0. The molecule has 130 valence electrons. The SMILES string of the molecule is Cc1ccc2[nH]c(=O)n(C3CCN(C4(C)CCN(C)C4)CC3)c2c1. The average molecular weight is 328 g/mol. The van der Waals surface area contributed by atoms with Crippen molar-refractivity contribution in [3.8, 4) is 0 Å². The Morgan fingerprint density at radius 2 is 1.96 bits per heavy atom. The van der Waals surface area contributed by atoms with Crippen molar-refractivity contribution in [2.24, 2.45) is 0 Å². The number of aromatic amines is 1. The first-order valence-corrected chi connectivity index (χ1v) is 9.11. The van der Waals surface area contributed by atoms with Gasteiger partial charge in [0.05, 0.1) is 11.0 Å². The normalized spacial score (nSPS) is 27.3. The van der Waals surface area contributed by atoms with Crippen LogP contribution in [0.2, 0.25) is 0 Å². The third kappa shape index (κ3) is 2.60. The number of likely N-dealkylation sites (N-methyl/N-ethyl adjacent to an activating group) is 1. The van der Waals surface area contributed by atoms with Crippen LogP contribution in [0.25, 0.3) is 11.0 Å². The molecule has 0 amide bonds. The molecule has 2 saturated heterocycles. The lowest BCUT2D eigenvalue weighted by Crippen LogP contribution is -2.51. The van der Waals surface area contributed by atoms with Crippen molar-refractivity contribution in [3.63, 3.8) is 0 Å². The minimum atomic E-state index is 0.0425. The summed E-state index contributed by atoms with van der Waals surface area (Å²) in [6, 6.07) is 6.52. The van der Waals surface area contributed by atoms with Gasteiger partial charge in [0.1, 0.15) is 0 Å². The summed E-state index contributed by atoms with van der Waals surface area (Å²) in [6.45, 7) is 9.00. The molecule has 4 rings (SSSR count). The van der Waals surface area contributed by atoms with Crippen molar-refractivity contribution >= 4 is 11.0 Å². The monoisotopic (exact) mass is 328 g/mol. The highest BCUT2D eigenvalue weighted by Crippen LogP contribution is 2.33. The Balaban J connectivity index is 1.55. The molecule has 2 aliphatic rings. The van der Waals surface area contributed by atoms with Crippen molar-refractivity contribution in [2.45, 2.75) is 44.7 Å². The van der Waals surface area contributed by atoms with Crippen LogP contribution in [-0.2, 0) is 0 Å². The molecule has 1 N–H and O–H groups in total. The Labute approximate surface area is 143 Å². The maximum atomic E-state index is 12.5. The topological polar surface area (TPSA) is 44.3 Å². The molecule has 0 aliphatic carbocycles. The quantitative estimate of drug-likeness (QED) is 0.920. The summed E-state index contributed by atoms with van der Waals surface area (Å²) in [7, 11) is 2.21. The number of fused-ring (bicyclic) bond motifs is 1. The van der Waals surface area contributed by atoms with Gasteiger partial charge in [0.2, 0.25) is 0 Å². The molecule has 5 nitrogen and oxygen atoms in total. The molecule has 0 radical (unpaired) electrons. The molecule has 1 unspecified atom stereocenters. The zero-order valence-electron chi connectivity index (χ0n) is 15.0. The molecular weight excluding hydrogens is 300 g/mol. The number of aromatic nitrogens is 2. The van der Waals surface area contributed by atoms with Gasteiger partial charge in [-0.2, -0.15) is 0 Å². The predicted octanol–water partition coefficient (Wildman–Crippen LogP) is 2.37. The van der Waals surface area contributed by atoms with E-state index in [4.69, 9.17) is 0 Å². The highest BCUT2D eigenvalue weighted by molar-refractivity contribution is 5.76. The van der Waals surface area contributed by atoms with Crippen LogP contribution in [0, 0.1) is 6.92 Å². The minimum Gasteiger partial charge on any atom is -0.306 e. The van der Waals surface area contributed by atoms with E-state index in [-0.39, 0.29) is 5.69 Å². The number of H-pyrrole nitrogens is 1. The maximum absolute atomic E-state index is 12.5. The number of hydrogen-bond donors (Lipinski definition) is 1. The van der Waals surface area contributed by atoms with Gasteiger partial charge in [-0.1, -0.05) is 6.07 Å². The Hall–Kier alpha value is -1.59. The van der Waals surface area contributed by atoms with Crippen LogP contribution in [0.15, 0.2) is 23.0 Å². The zero-order valence-corrected chi connectivity index (χ0v) is 15.0. The standard InChI is InChI=1S/C19H28N4O/c1-14-4-5-16-17(12-14)23(18(24)20-16)15-6-9-22(10-7-15)19(2)8-11-21(3)13-19/h4-5,12,15H,6-11,13H2,1-3H3,(H,20,24). The van der Waals surface area contributed by atoms with Crippen molar-refractivity contribution in [3.05, 3.63) is 34.2 Å². The second kappa shape index (κ2) is 5.74. The van der Waals surface area contributed by atoms with E-state index in [9.17, 15) is 4.79 Å². The van der Waals surface area contributed by atoms with Gasteiger partial charge in [-0.05, 0) is 64.4 Å². The van der Waals surface area contributed by atoms with Crippen LogP contribution in [0.4, 0.5) is 0 Å². The number of hydrogen-bond acceptors (Lipinski definition) is 3. The number of nitrogens with one attached hydrogen (secondary N) is 1. The lowest BCUT2D eigenvalue weighted by Gasteiger charge is -2.43. The molecule has 2 fully saturated rings. The summed E-state index contributed by atoms with van der Waals surface area (Å²) in [5.41, 5.74) is 3.57. The Morgan fingerprint density at radius 3 is 2.62 bits per heavy atom. The number of piperidine rings is 1. The van der Waals surface area contributed by atoms with Gasteiger partial charge >= 0.3 is 5.69 Å². The van der Waals surface area contributed by atoms with Crippen molar-refractivity contribution in [1.29, 1.82) is 0 Å². The van der Waals surface area contributed by atoms with Crippen LogP contribution in [0.5, 0.6) is 0 Å². The van der Waals surface area contributed by atoms with Gasteiger partial charge in [-0.3, -0.25) is 9.47 Å². The van der Waals surface area contributed by atoms with Crippen LogP contribution in [-0.4, -0.2) is 58.1 Å². The molecule has 2 aromatic rings. The first kappa shape index (κ1) is 15.9. The first-order chi connectivity index (χ1) is 11.5. The summed E-state index contributed by atoms with van der Waals surface area (Å²) in [4.78, 5) is 20.6. The van der Waals surface area contributed by atoms with E-state index in [0.717, 1.165) is 43.5 Å².